The lowest BCUT2D eigenvalue weighted by Gasteiger charge is -2.13. The predicted octanol–water partition coefficient (Wildman–Crippen LogP) is 2.53. The normalized spacial score (nSPS) is 10.7. The molecule has 1 amide bonds. The number of carboxylic acids is 1. The highest BCUT2D eigenvalue weighted by Gasteiger charge is 2.14. The van der Waals surface area contributed by atoms with Gasteiger partial charge in [-0.1, -0.05) is 0 Å². The van der Waals surface area contributed by atoms with Crippen molar-refractivity contribution in [3.8, 4) is 11.8 Å². The number of hydrogen-bond acceptors (Lipinski definition) is 7. The smallest absolute Gasteiger partial charge is 0.337 e. The number of aromatic nitrogens is 4. The van der Waals surface area contributed by atoms with E-state index in [2.05, 4.69) is 20.3 Å². The van der Waals surface area contributed by atoms with Gasteiger partial charge in [0, 0.05) is 37.8 Å². The van der Waals surface area contributed by atoms with E-state index in [-0.39, 0.29) is 41.4 Å². The van der Waals surface area contributed by atoms with Crippen LogP contribution < -0.4 is 14.8 Å². The molecule has 3 rings (SSSR count). The highest BCUT2D eigenvalue weighted by Crippen LogP contribution is 2.21. The van der Waals surface area contributed by atoms with Gasteiger partial charge in [0.05, 0.1) is 17.2 Å². The molecule has 2 N–H and O–H groups in total. The number of ether oxygens (including phenoxy) is 2. The Labute approximate surface area is 172 Å². The van der Waals surface area contributed by atoms with Crippen molar-refractivity contribution >= 4 is 17.7 Å². The fraction of sp³-hybridized carbons (Fsp3) is 0.250. The number of aromatic carboxylic acids is 1. The van der Waals surface area contributed by atoms with Crippen LogP contribution in [0, 0.1) is 0 Å². The number of pyridine rings is 2. The van der Waals surface area contributed by atoms with E-state index in [1.807, 2.05) is 25.5 Å². The number of carbonyl (C=O) groups excluding carboxylic acids is 1. The van der Waals surface area contributed by atoms with E-state index in [0.717, 1.165) is 0 Å². The Bertz CT molecular complexity index is 1050. The highest BCUT2D eigenvalue weighted by molar-refractivity contribution is 6.04. The summed E-state index contributed by atoms with van der Waals surface area (Å²) in [5.74, 6) is -0.218. The van der Waals surface area contributed by atoms with Gasteiger partial charge >= 0.3 is 5.97 Å². The van der Waals surface area contributed by atoms with Gasteiger partial charge in [-0.2, -0.15) is 4.98 Å². The van der Waals surface area contributed by atoms with Crippen LogP contribution in [0.2, 0.25) is 0 Å². The number of amides is 1. The number of carboxylic acid groups (broad SMARTS) is 1. The lowest BCUT2D eigenvalue weighted by molar-refractivity contribution is 0.0696. The average molecular weight is 411 g/mol. The number of hydrogen-bond donors (Lipinski definition) is 2. The molecule has 0 spiro atoms. The summed E-state index contributed by atoms with van der Waals surface area (Å²) in [6, 6.07) is 5.74. The Morgan fingerprint density at radius 2 is 1.93 bits per heavy atom. The number of aryl methyl sites for hydroxylation is 1. The largest absolute Gasteiger partial charge is 0.478 e. The molecule has 0 saturated heterocycles. The summed E-state index contributed by atoms with van der Waals surface area (Å²) >= 11 is 0. The minimum Gasteiger partial charge on any atom is -0.478 e. The van der Waals surface area contributed by atoms with Crippen molar-refractivity contribution in [3.05, 3.63) is 59.8 Å². The molecule has 0 aliphatic carbocycles. The summed E-state index contributed by atoms with van der Waals surface area (Å²) in [4.78, 5) is 36.0. The summed E-state index contributed by atoms with van der Waals surface area (Å²) < 4.78 is 13.1. The maximum absolute atomic E-state index is 12.7. The second-order valence-electron chi connectivity index (χ2n) is 6.63. The van der Waals surface area contributed by atoms with Gasteiger partial charge in [-0.3, -0.25) is 4.79 Å². The lowest BCUT2D eigenvalue weighted by atomic mass is 10.2. The summed E-state index contributed by atoms with van der Waals surface area (Å²) in [7, 11) is 1.85. The zero-order valence-corrected chi connectivity index (χ0v) is 16.7. The zero-order chi connectivity index (χ0) is 21.7. The lowest BCUT2D eigenvalue weighted by Crippen LogP contribution is -2.15. The summed E-state index contributed by atoms with van der Waals surface area (Å²) in [6.45, 7) is 3.86. The molecule has 10 heteroatoms. The van der Waals surface area contributed by atoms with Crippen LogP contribution in [0.15, 0.2) is 42.9 Å². The van der Waals surface area contributed by atoms with Gasteiger partial charge in [-0.25, -0.2) is 14.8 Å². The maximum atomic E-state index is 12.7. The van der Waals surface area contributed by atoms with E-state index in [0.29, 0.717) is 5.82 Å². The van der Waals surface area contributed by atoms with Crippen LogP contribution >= 0.6 is 0 Å². The molecule has 0 aliphatic heterocycles. The van der Waals surface area contributed by atoms with E-state index in [4.69, 9.17) is 14.6 Å². The molecule has 3 aromatic heterocycles. The maximum Gasteiger partial charge on any atom is 0.337 e. The van der Waals surface area contributed by atoms with E-state index in [1.54, 1.807) is 12.4 Å². The SMILES string of the molecule is CC(C)Oc1cc(C(=O)Nc2ccc(C(=O)O)cn2)cc(OCc2nccn2C)n1. The van der Waals surface area contributed by atoms with Crippen molar-refractivity contribution in [1.82, 2.24) is 19.5 Å². The van der Waals surface area contributed by atoms with Crippen molar-refractivity contribution < 1.29 is 24.2 Å². The van der Waals surface area contributed by atoms with E-state index < -0.39 is 11.9 Å². The standard InChI is InChI=1S/C20H21N5O5/c1-12(2)30-18-9-14(8-17(24-18)29-11-16-21-6-7-25(16)3)19(26)23-15-5-4-13(10-22-15)20(27)28/h4-10,12H,11H2,1-3H3,(H,27,28)(H,22,23,26). The number of nitrogens with zero attached hydrogens (tertiary/aromatic N) is 4. The topological polar surface area (TPSA) is 128 Å². The van der Waals surface area contributed by atoms with Gasteiger partial charge in [-0.15, -0.1) is 0 Å². The number of carbonyl (C=O) groups is 2. The summed E-state index contributed by atoms with van der Waals surface area (Å²) in [5, 5.41) is 11.5. The third-order valence-corrected chi connectivity index (χ3v) is 3.92. The molecule has 30 heavy (non-hydrogen) atoms. The molecule has 0 bridgehead atoms. The second kappa shape index (κ2) is 9.03. The molecule has 0 fully saturated rings. The molecular formula is C20H21N5O5. The quantitative estimate of drug-likeness (QED) is 0.579. The fourth-order valence-corrected chi connectivity index (χ4v) is 2.44. The Hall–Kier alpha value is -3.95. The third kappa shape index (κ3) is 5.31. The van der Waals surface area contributed by atoms with Crippen LogP contribution in [-0.2, 0) is 13.7 Å². The first kappa shape index (κ1) is 20.8. The third-order valence-electron chi connectivity index (χ3n) is 3.92. The molecule has 0 saturated carbocycles. The Morgan fingerprint density at radius 1 is 1.17 bits per heavy atom. The van der Waals surface area contributed by atoms with Crippen LogP contribution in [0.1, 0.15) is 40.4 Å². The minimum absolute atomic E-state index is 0.0227. The van der Waals surface area contributed by atoms with Crippen LogP contribution in [0.3, 0.4) is 0 Å². The van der Waals surface area contributed by atoms with Crippen molar-refractivity contribution in [2.45, 2.75) is 26.6 Å². The Morgan fingerprint density at radius 3 is 2.53 bits per heavy atom. The minimum atomic E-state index is -1.10. The molecule has 3 heterocycles. The van der Waals surface area contributed by atoms with E-state index >= 15 is 0 Å². The zero-order valence-electron chi connectivity index (χ0n) is 16.7. The summed E-state index contributed by atoms with van der Waals surface area (Å²) in [5.41, 5.74) is 0.272. The molecule has 0 unspecified atom stereocenters. The van der Waals surface area contributed by atoms with Gasteiger partial charge in [0.2, 0.25) is 11.8 Å². The predicted molar refractivity (Wildman–Crippen MR) is 107 cm³/mol. The van der Waals surface area contributed by atoms with Crippen LogP contribution in [0.5, 0.6) is 11.8 Å². The highest BCUT2D eigenvalue weighted by atomic mass is 16.5. The first-order valence-electron chi connectivity index (χ1n) is 9.10. The molecular weight excluding hydrogens is 390 g/mol. The number of imidazole rings is 1. The first-order chi connectivity index (χ1) is 14.3. The molecule has 156 valence electrons. The number of anilines is 1. The molecule has 0 aromatic carbocycles. The fourth-order valence-electron chi connectivity index (χ4n) is 2.44. The monoisotopic (exact) mass is 411 g/mol. The number of rotatable bonds is 8. The van der Waals surface area contributed by atoms with Gasteiger partial charge in [0.15, 0.2) is 0 Å². The van der Waals surface area contributed by atoms with Crippen LogP contribution in [-0.4, -0.2) is 42.6 Å². The van der Waals surface area contributed by atoms with E-state index in [9.17, 15) is 9.59 Å². The average Bonchev–Trinajstić information content (AvgIpc) is 3.11. The van der Waals surface area contributed by atoms with Crippen molar-refractivity contribution in [2.75, 3.05) is 5.32 Å². The van der Waals surface area contributed by atoms with Gasteiger partial charge < -0.3 is 24.5 Å². The van der Waals surface area contributed by atoms with Crippen molar-refractivity contribution in [1.29, 1.82) is 0 Å². The molecule has 0 aliphatic rings. The molecule has 0 radical (unpaired) electrons. The van der Waals surface area contributed by atoms with Gasteiger partial charge in [0.25, 0.3) is 5.91 Å². The first-order valence-corrected chi connectivity index (χ1v) is 9.10. The van der Waals surface area contributed by atoms with Crippen molar-refractivity contribution in [2.24, 2.45) is 7.05 Å². The van der Waals surface area contributed by atoms with Gasteiger partial charge in [-0.05, 0) is 26.0 Å². The Balaban J connectivity index is 1.79. The summed E-state index contributed by atoms with van der Waals surface area (Å²) in [6.07, 6.45) is 4.47. The second-order valence-corrected chi connectivity index (χ2v) is 6.63. The molecule has 0 atom stereocenters. The Kier molecular flexibility index (Phi) is 6.26. The van der Waals surface area contributed by atoms with E-state index in [1.165, 1.54) is 30.5 Å². The molecule has 10 nitrogen and oxygen atoms in total. The van der Waals surface area contributed by atoms with Gasteiger partial charge in [0.1, 0.15) is 18.2 Å². The number of nitrogens with one attached hydrogen (secondary N) is 1. The van der Waals surface area contributed by atoms with Crippen molar-refractivity contribution in [3.63, 3.8) is 0 Å². The van der Waals surface area contributed by atoms with Crippen LogP contribution in [0.25, 0.3) is 0 Å². The van der Waals surface area contributed by atoms with Crippen LogP contribution in [0.4, 0.5) is 5.82 Å². The molecule has 3 aromatic rings.